The molecule has 192 valence electrons. The fourth-order valence-electron chi connectivity index (χ4n) is 3.67. The maximum absolute atomic E-state index is 13.9. The van der Waals surface area contributed by atoms with E-state index in [2.05, 4.69) is 9.97 Å². The van der Waals surface area contributed by atoms with E-state index in [-0.39, 0.29) is 62.7 Å². The Morgan fingerprint density at radius 1 is 1.33 bits per heavy atom. The number of carboxylic acids is 1. The van der Waals surface area contributed by atoms with Crippen LogP contribution in [0.4, 0.5) is 36.6 Å². The van der Waals surface area contributed by atoms with Gasteiger partial charge < -0.3 is 20.1 Å². The van der Waals surface area contributed by atoms with Gasteiger partial charge in [0.15, 0.2) is 0 Å². The van der Waals surface area contributed by atoms with Crippen LogP contribution in [-0.4, -0.2) is 57.5 Å². The zero-order chi connectivity index (χ0) is 26.3. The van der Waals surface area contributed by atoms with Crippen LogP contribution in [0.1, 0.15) is 59.0 Å². The Hall–Kier alpha value is -1.33. The zero-order valence-electron chi connectivity index (χ0n) is 19.1. The molecule has 2 atom stereocenters. The van der Waals surface area contributed by atoms with E-state index in [1.807, 2.05) is 5.32 Å². The van der Waals surface area contributed by atoms with E-state index in [0.717, 1.165) is 11.1 Å². The fourth-order valence-corrected chi connectivity index (χ4v) is 4.59. The van der Waals surface area contributed by atoms with Crippen LogP contribution in [0.2, 0.25) is 0 Å². The molecule has 3 rings (SSSR count). The Labute approximate surface area is 246 Å². The number of halogens is 7. The van der Waals surface area contributed by atoms with Crippen molar-refractivity contribution in [1.82, 2.24) is 14.9 Å². The van der Waals surface area contributed by atoms with Crippen LogP contribution in [0.5, 0.6) is 0 Å². The number of aromatic carboxylic acids is 1. The number of carbonyl (C=O) groups is 2. The second-order valence-corrected chi connectivity index (χ2v) is 8.93. The molecular formula is C20H18F7KN4O3S. The van der Waals surface area contributed by atoms with E-state index >= 15 is 0 Å². The Balaban J connectivity index is 0.00000456. The van der Waals surface area contributed by atoms with Crippen LogP contribution in [-0.2, 0) is 0 Å². The molecule has 1 unspecified atom stereocenters. The number of pyridine rings is 1. The van der Waals surface area contributed by atoms with Crippen molar-refractivity contribution in [3.05, 3.63) is 28.5 Å². The molecule has 1 aliphatic rings. The Morgan fingerprint density at radius 2 is 1.97 bits per heavy atom. The number of amides is 1. The van der Waals surface area contributed by atoms with Crippen LogP contribution in [0.3, 0.4) is 0 Å². The maximum atomic E-state index is 13.9. The van der Waals surface area contributed by atoms with Crippen LogP contribution in [0, 0.1) is 0 Å². The minimum atomic E-state index is -4.69. The Bertz CT molecular complexity index is 1130. The van der Waals surface area contributed by atoms with Crippen LogP contribution in [0.25, 0.3) is 10.4 Å². The van der Waals surface area contributed by atoms with Crippen molar-refractivity contribution < 1.29 is 96.8 Å². The molecule has 36 heavy (non-hydrogen) atoms. The molecule has 1 amide bonds. The second kappa shape index (κ2) is 11.6. The van der Waals surface area contributed by atoms with Gasteiger partial charge in [-0.15, -0.1) is 11.3 Å². The molecule has 1 aliphatic heterocycles. The molecule has 0 aromatic carbocycles. The first-order valence-electron chi connectivity index (χ1n) is 10.2. The first-order chi connectivity index (χ1) is 16.1. The van der Waals surface area contributed by atoms with Gasteiger partial charge >= 0.3 is 57.6 Å². The minimum absolute atomic E-state index is 0. The third-order valence-electron chi connectivity index (χ3n) is 5.33. The van der Waals surface area contributed by atoms with E-state index in [4.69, 9.17) is 0 Å². The molecule has 1 saturated heterocycles. The molecule has 0 radical (unpaired) electrons. The largest absolute Gasteiger partial charge is 1.00 e. The average Bonchev–Trinajstić information content (AvgIpc) is 3.30. The van der Waals surface area contributed by atoms with Crippen molar-refractivity contribution in [1.29, 1.82) is 0 Å². The standard InChI is InChI=1S/C20H19F7N4O3S.K/c1-3-11(20(25,26)27)29-12-4-9(15(21)22)10(6-28-12)14-13(30-16(35-14)18(33)34)17(32)31-7-19(23,24)5-8(31)2;/h4,6,8,11,15H,3,5,7H2,1-2H3,(H,28,29)(H,33,34);/q;+1/p-1/t8-,11?;/m0./s1. The number of carbonyl (C=O) groups excluding carboxylic acids is 2. The summed E-state index contributed by atoms with van der Waals surface area (Å²) in [5, 5.41) is 12.6. The molecule has 1 N–H and O–H groups in total. The summed E-state index contributed by atoms with van der Waals surface area (Å²) < 4.78 is 94.6. The average molecular weight is 567 g/mol. The summed E-state index contributed by atoms with van der Waals surface area (Å²) >= 11 is 0.287. The maximum Gasteiger partial charge on any atom is 1.00 e. The van der Waals surface area contributed by atoms with Gasteiger partial charge in [-0.3, -0.25) is 4.79 Å². The van der Waals surface area contributed by atoms with E-state index in [9.17, 15) is 45.4 Å². The van der Waals surface area contributed by atoms with Gasteiger partial charge in [0, 0.05) is 29.8 Å². The summed E-state index contributed by atoms with van der Waals surface area (Å²) in [5.74, 6) is -6.69. The normalized spacial score (nSPS) is 18.2. The number of alkyl halides is 7. The molecule has 2 aromatic rings. The molecule has 1 fully saturated rings. The van der Waals surface area contributed by atoms with Crippen LogP contribution < -0.4 is 61.8 Å². The summed E-state index contributed by atoms with van der Waals surface area (Å²) in [6.07, 6.45) is -8.29. The number of hydrogen-bond acceptors (Lipinski definition) is 7. The van der Waals surface area contributed by atoms with E-state index in [0.29, 0.717) is 6.07 Å². The van der Waals surface area contributed by atoms with Gasteiger partial charge in [-0.25, -0.2) is 27.5 Å². The third-order valence-corrected chi connectivity index (χ3v) is 6.40. The smallest absolute Gasteiger partial charge is 0.542 e. The van der Waals surface area contributed by atoms with Gasteiger partial charge in [-0.2, -0.15) is 13.2 Å². The summed E-state index contributed by atoms with van der Waals surface area (Å²) in [4.78, 5) is 32.0. The quantitative estimate of drug-likeness (QED) is 0.399. The number of likely N-dealkylation sites (tertiary alicyclic amines) is 1. The molecule has 7 nitrogen and oxygen atoms in total. The fraction of sp³-hybridized carbons (Fsp3) is 0.500. The van der Waals surface area contributed by atoms with Crippen molar-refractivity contribution in [2.45, 2.75) is 57.3 Å². The van der Waals surface area contributed by atoms with Gasteiger partial charge in [-0.05, 0) is 19.4 Å². The van der Waals surface area contributed by atoms with Gasteiger partial charge in [0.25, 0.3) is 18.3 Å². The van der Waals surface area contributed by atoms with E-state index < -0.39 is 94.4 Å². The van der Waals surface area contributed by atoms with Gasteiger partial charge in [0.2, 0.25) is 0 Å². The zero-order valence-corrected chi connectivity index (χ0v) is 23.1. The van der Waals surface area contributed by atoms with Gasteiger partial charge in [0.05, 0.1) is 11.4 Å². The van der Waals surface area contributed by atoms with Crippen molar-refractivity contribution in [2.24, 2.45) is 0 Å². The van der Waals surface area contributed by atoms with E-state index in [1.54, 1.807) is 0 Å². The summed E-state index contributed by atoms with van der Waals surface area (Å²) in [5.41, 5.74) is -2.01. The topological polar surface area (TPSA) is 98.2 Å². The summed E-state index contributed by atoms with van der Waals surface area (Å²) in [6, 6.07) is -2.38. The number of nitrogens with one attached hydrogen (secondary N) is 1. The summed E-state index contributed by atoms with van der Waals surface area (Å²) in [6.45, 7) is 1.58. The van der Waals surface area contributed by atoms with Crippen LogP contribution >= 0.6 is 11.3 Å². The van der Waals surface area contributed by atoms with Crippen molar-refractivity contribution >= 4 is 29.0 Å². The second-order valence-electron chi connectivity index (χ2n) is 7.93. The van der Waals surface area contributed by atoms with Crippen molar-refractivity contribution in [2.75, 3.05) is 11.9 Å². The molecule has 0 aliphatic carbocycles. The SMILES string of the molecule is CCC(Nc1cc(C(F)F)c(-c2sc(C(=O)[O-])nc2C(=O)N2CC(F)(F)C[C@@H]2C)cn1)C(F)(F)F.[K+]. The van der Waals surface area contributed by atoms with Gasteiger partial charge in [-0.1, -0.05) is 6.92 Å². The van der Waals surface area contributed by atoms with Gasteiger partial charge in [0.1, 0.15) is 28.5 Å². The number of carboxylic acid groups (broad SMARTS) is 1. The predicted molar refractivity (Wildman–Crippen MR) is 108 cm³/mol. The van der Waals surface area contributed by atoms with Crippen molar-refractivity contribution in [3.8, 4) is 10.4 Å². The molecule has 0 saturated carbocycles. The summed E-state index contributed by atoms with van der Waals surface area (Å²) in [7, 11) is 0. The molecule has 3 heterocycles. The predicted octanol–water partition coefficient (Wildman–Crippen LogP) is 1.13. The molecule has 0 bridgehead atoms. The number of rotatable bonds is 7. The third kappa shape index (κ3) is 6.75. The Kier molecular flexibility index (Phi) is 9.95. The molecule has 0 spiro atoms. The first-order valence-corrected chi connectivity index (χ1v) is 11.0. The molecule has 2 aromatic heterocycles. The Morgan fingerprint density at radius 3 is 2.44 bits per heavy atom. The molecular weight excluding hydrogens is 548 g/mol. The monoisotopic (exact) mass is 566 g/mol. The number of aromatic nitrogens is 2. The number of anilines is 1. The van der Waals surface area contributed by atoms with Crippen molar-refractivity contribution in [3.63, 3.8) is 0 Å². The first kappa shape index (κ1) is 30.9. The number of thiazole rings is 1. The van der Waals surface area contributed by atoms with Crippen LogP contribution in [0.15, 0.2) is 12.3 Å². The molecule has 16 heteroatoms. The number of nitrogens with zero attached hydrogens (tertiary/aromatic N) is 3. The number of hydrogen-bond donors (Lipinski definition) is 1. The van der Waals surface area contributed by atoms with E-state index in [1.165, 1.54) is 13.8 Å². The minimum Gasteiger partial charge on any atom is -0.542 e.